The molecule has 0 aliphatic heterocycles. The van der Waals surface area contributed by atoms with Crippen molar-refractivity contribution in [2.75, 3.05) is 6.54 Å². The Morgan fingerprint density at radius 1 is 1.23 bits per heavy atom. The van der Waals surface area contributed by atoms with E-state index in [1.807, 2.05) is 0 Å². The number of halogens is 2. The summed E-state index contributed by atoms with van der Waals surface area (Å²) in [6, 6.07) is 8.63. The zero-order chi connectivity index (χ0) is 8.81. The minimum Gasteiger partial charge on any atom is -0.313 e. The van der Waals surface area contributed by atoms with E-state index in [9.17, 15) is 0 Å². The van der Waals surface area contributed by atoms with Crippen LogP contribution in [-0.4, -0.2) is 6.54 Å². The van der Waals surface area contributed by atoms with E-state index < -0.39 is 0 Å². The fourth-order valence-corrected chi connectivity index (χ4v) is 1.37. The average Bonchev–Trinajstić information content (AvgIpc) is 2.09. The molecule has 0 aliphatic carbocycles. The van der Waals surface area contributed by atoms with Crippen LogP contribution in [0.4, 0.5) is 0 Å². The van der Waals surface area contributed by atoms with Crippen LogP contribution in [0.25, 0.3) is 0 Å². The Kier molecular flexibility index (Phi) is 7.71. The van der Waals surface area contributed by atoms with Gasteiger partial charge in [-0.1, -0.05) is 19.1 Å². The van der Waals surface area contributed by atoms with Gasteiger partial charge in [0.25, 0.3) is 0 Å². The van der Waals surface area contributed by atoms with Crippen molar-refractivity contribution >= 4 is 35.0 Å². The van der Waals surface area contributed by atoms with Crippen molar-refractivity contribution < 1.29 is 0 Å². The number of nitrogens with one attached hydrogen (secondary N) is 1. The molecule has 0 spiro atoms. The third-order valence-corrected chi connectivity index (χ3v) is 2.39. The average molecular weight is 312 g/mol. The van der Waals surface area contributed by atoms with E-state index in [4.69, 9.17) is 0 Å². The summed E-state index contributed by atoms with van der Waals surface area (Å²) in [5.74, 6) is 0. The van der Waals surface area contributed by atoms with E-state index in [2.05, 4.69) is 59.1 Å². The maximum Gasteiger partial charge on any atom is 0.0205 e. The predicted molar refractivity (Wildman–Crippen MR) is 68.4 cm³/mol. The molecule has 0 atom stereocenters. The standard InChI is InChI=1S/C10H14IN.ClH/c1-2-7-12-8-9-3-5-10(11)6-4-9;/h3-6,12H,2,7-8H2,1H3;1H. The van der Waals surface area contributed by atoms with Crippen LogP contribution < -0.4 is 5.32 Å². The highest BCUT2D eigenvalue weighted by Gasteiger charge is 1.90. The molecule has 0 heterocycles. The lowest BCUT2D eigenvalue weighted by atomic mass is 10.2. The van der Waals surface area contributed by atoms with Crippen molar-refractivity contribution in [1.29, 1.82) is 0 Å². The first-order chi connectivity index (χ1) is 5.83. The Bertz CT molecular complexity index is 223. The minimum absolute atomic E-state index is 0. The van der Waals surface area contributed by atoms with Crippen molar-refractivity contribution in [3.63, 3.8) is 0 Å². The molecule has 0 aromatic heterocycles. The zero-order valence-electron chi connectivity index (χ0n) is 7.72. The Balaban J connectivity index is 0.00000144. The van der Waals surface area contributed by atoms with Crippen molar-refractivity contribution in [3.8, 4) is 0 Å². The van der Waals surface area contributed by atoms with Gasteiger partial charge in [-0.2, -0.15) is 0 Å². The van der Waals surface area contributed by atoms with E-state index in [0.717, 1.165) is 13.1 Å². The highest BCUT2D eigenvalue weighted by Crippen LogP contribution is 2.06. The first-order valence-electron chi connectivity index (χ1n) is 4.28. The number of hydrogen-bond donors (Lipinski definition) is 1. The van der Waals surface area contributed by atoms with E-state index in [0.29, 0.717) is 0 Å². The molecular formula is C10H15ClIN. The van der Waals surface area contributed by atoms with Crippen LogP contribution in [0.15, 0.2) is 24.3 Å². The molecule has 0 amide bonds. The third kappa shape index (κ3) is 5.49. The maximum absolute atomic E-state index is 3.37. The van der Waals surface area contributed by atoms with Gasteiger partial charge in [0.1, 0.15) is 0 Å². The summed E-state index contributed by atoms with van der Waals surface area (Å²) in [4.78, 5) is 0. The molecule has 0 saturated heterocycles. The predicted octanol–water partition coefficient (Wildman–Crippen LogP) is 3.21. The third-order valence-electron chi connectivity index (χ3n) is 1.67. The van der Waals surface area contributed by atoms with Gasteiger partial charge in [-0.3, -0.25) is 0 Å². The first-order valence-corrected chi connectivity index (χ1v) is 5.36. The molecule has 0 unspecified atom stereocenters. The van der Waals surface area contributed by atoms with Crippen molar-refractivity contribution in [2.45, 2.75) is 19.9 Å². The van der Waals surface area contributed by atoms with E-state index in [-0.39, 0.29) is 12.4 Å². The summed E-state index contributed by atoms with van der Waals surface area (Å²) in [5, 5.41) is 3.37. The summed E-state index contributed by atoms with van der Waals surface area (Å²) in [6.45, 7) is 4.28. The van der Waals surface area contributed by atoms with Gasteiger partial charge in [0.2, 0.25) is 0 Å². The topological polar surface area (TPSA) is 12.0 Å². The molecule has 0 aliphatic rings. The number of benzene rings is 1. The van der Waals surface area contributed by atoms with Crippen molar-refractivity contribution in [3.05, 3.63) is 33.4 Å². The van der Waals surface area contributed by atoms with Crippen LogP contribution in [0.5, 0.6) is 0 Å². The number of rotatable bonds is 4. The van der Waals surface area contributed by atoms with E-state index >= 15 is 0 Å². The molecule has 0 bridgehead atoms. The second-order valence-electron chi connectivity index (χ2n) is 2.80. The van der Waals surface area contributed by atoms with Crippen LogP contribution in [0, 0.1) is 3.57 Å². The van der Waals surface area contributed by atoms with Gasteiger partial charge in [-0.15, -0.1) is 12.4 Å². The van der Waals surface area contributed by atoms with Gasteiger partial charge in [0.05, 0.1) is 0 Å². The summed E-state index contributed by atoms with van der Waals surface area (Å²) >= 11 is 2.32. The molecule has 1 aromatic carbocycles. The lowest BCUT2D eigenvalue weighted by Crippen LogP contribution is -2.13. The van der Waals surface area contributed by atoms with Crippen LogP contribution in [-0.2, 0) is 6.54 Å². The maximum atomic E-state index is 3.37. The highest BCUT2D eigenvalue weighted by molar-refractivity contribution is 14.1. The van der Waals surface area contributed by atoms with Gasteiger partial charge >= 0.3 is 0 Å². The van der Waals surface area contributed by atoms with E-state index in [1.165, 1.54) is 15.6 Å². The zero-order valence-corrected chi connectivity index (χ0v) is 10.7. The molecule has 0 radical (unpaired) electrons. The molecule has 1 nitrogen and oxygen atoms in total. The molecular weight excluding hydrogens is 296 g/mol. The Hall–Kier alpha value is 0.200. The first kappa shape index (κ1) is 13.2. The van der Waals surface area contributed by atoms with Gasteiger partial charge in [0.15, 0.2) is 0 Å². The summed E-state index contributed by atoms with van der Waals surface area (Å²) in [6.07, 6.45) is 1.20. The fraction of sp³-hybridized carbons (Fsp3) is 0.400. The summed E-state index contributed by atoms with van der Waals surface area (Å²) in [5.41, 5.74) is 1.36. The molecule has 1 N–H and O–H groups in total. The lowest BCUT2D eigenvalue weighted by Gasteiger charge is -2.02. The smallest absolute Gasteiger partial charge is 0.0205 e. The molecule has 0 fully saturated rings. The Morgan fingerprint density at radius 2 is 1.85 bits per heavy atom. The van der Waals surface area contributed by atoms with Crippen LogP contribution in [0.3, 0.4) is 0 Å². The molecule has 0 saturated carbocycles. The van der Waals surface area contributed by atoms with Crippen molar-refractivity contribution in [1.82, 2.24) is 5.32 Å². The molecule has 3 heteroatoms. The van der Waals surface area contributed by atoms with Crippen LogP contribution in [0.2, 0.25) is 0 Å². The fourth-order valence-electron chi connectivity index (χ4n) is 1.01. The van der Waals surface area contributed by atoms with Crippen molar-refractivity contribution in [2.24, 2.45) is 0 Å². The lowest BCUT2D eigenvalue weighted by molar-refractivity contribution is 0.675. The Labute approximate surface area is 99.9 Å². The molecule has 1 aromatic rings. The Morgan fingerprint density at radius 3 is 2.38 bits per heavy atom. The minimum atomic E-state index is 0. The van der Waals surface area contributed by atoms with Crippen LogP contribution >= 0.6 is 35.0 Å². The van der Waals surface area contributed by atoms with Crippen LogP contribution in [0.1, 0.15) is 18.9 Å². The quantitative estimate of drug-likeness (QED) is 0.665. The highest BCUT2D eigenvalue weighted by atomic mass is 127. The SMILES string of the molecule is CCCNCc1ccc(I)cc1.Cl. The van der Waals surface area contributed by atoms with E-state index in [1.54, 1.807) is 0 Å². The summed E-state index contributed by atoms with van der Waals surface area (Å²) in [7, 11) is 0. The largest absolute Gasteiger partial charge is 0.313 e. The summed E-state index contributed by atoms with van der Waals surface area (Å²) < 4.78 is 1.30. The second kappa shape index (κ2) is 7.59. The number of hydrogen-bond acceptors (Lipinski definition) is 1. The molecule has 74 valence electrons. The monoisotopic (exact) mass is 311 g/mol. The molecule has 1 rings (SSSR count). The normalized spacial score (nSPS) is 9.38. The van der Waals surface area contributed by atoms with Gasteiger partial charge in [-0.25, -0.2) is 0 Å². The van der Waals surface area contributed by atoms with Gasteiger partial charge < -0.3 is 5.32 Å². The second-order valence-corrected chi connectivity index (χ2v) is 4.05. The molecule has 13 heavy (non-hydrogen) atoms. The van der Waals surface area contributed by atoms with Gasteiger partial charge in [-0.05, 0) is 53.3 Å². The van der Waals surface area contributed by atoms with Gasteiger partial charge in [0, 0.05) is 10.1 Å².